The zero-order valence-electron chi connectivity index (χ0n) is 10.0. The summed E-state index contributed by atoms with van der Waals surface area (Å²) in [5.41, 5.74) is 1.05. The molecule has 0 saturated carbocycles. The van der Waals surface area contributed by atoms with Crippen LogP contribution < -0.4 is 5.32 Å². The molecule has 2 rings (SSSR count). The van der Waals surface area contributed by atoms with Crippen LogP contribution in [0.1, 0.15) is 18.4 Å². The van der Waals surface area contributed by atoms with E-state index >= 15 is 0 Å². The third kappa shape index (κ3) is 3.35. The molecule has 1 aliphatic heterocycles. The summed E-state index contributed by atoms with van der Waals surface area (Å²) in [6.07, 6.45) is 2.39. The minimum absolute atomic E-state index is 0.660. The predicted molar refractivity (Wildman–Crippen MR) is 73.8 cm³/mol. The van der Waals surface area contributed by atoms with Gasteiger partial charge in [-0.05, 0) is 45.1 Å². The van der Waals surface area contributed by atoms with E-state index in [0.29, 0.717) is 6.04 Å². The maximum Gasteiger partial charge on any atom is 0.0465 e. The summed E-state index contributed by atoms with van der Waals surface area (Å²) in [6, 6.07) is 6.36. The third-order valence-electron chi connectivity index (χ3n) is 3.44. The number of halogens is 2. The van der Waals surface area contributed by atoms with Crippen LogP contribution in [0.3, 0.4) is 0 Å². The smallest absolute Gasteiger partial charge is 0.0465 e. The Kier molecular flexibility index (Phi) is 4.69. The van der Waals surface area contributed by atoms with Gasteiger partial charge in [-0.15, -0.1) is 0 Å². The fourth-order valence-electron chi connectivity index (χ4n) is 2.29. The third-order valence-corrected chi connectivity index (χ3v) is 4.15. The molecule has 0 amide bonds. The van der Waals surface area contributed by atoms with Gasteiger partial charge < -0.3 is 5.32 Å². The first kappa shape index (κ1) is 13.2. The predicted octanol–water partition coefficient (Wildman–Crippen LogP) is 3.18. The molecule has 1 fully saturated rings. The molecule has 0 unspecified atom stereocenters. The quantitative estimate of drug-likeness (QED) is 0.910. The van der Waals surface area contributed by atoms with E-state index in [9.17, 15) is 0 Å². The minimum atomic E-state index is 0.660. The molecule has 0 atom stereocenters. The first-order valence-electron chi connectivity index (χ1n) is 6.03. The summed E-state index contributed by atoms with van der Waals surface area (Å²) in [5.74, 6) is 0. The van der Waals surface area contributed by atoms with Gasteiger partial charge in [0.25, 0.3) is 0 Å². The lowest BCUT2D eigenvalue weighted by Gasteiger charge is -2.32. The van der Waals surface area contributed by atoms with Crippen molar-refractivity contribution in [3.8, 4) is 0 Å². The van der Waals surface area contributed by atoms with Crippen LogP contribution in [0, 0.1) is 0 Å². The molecule has 0 radical (unpaired) electrons. The van der Waals surface area contributed by atoms with Crippen molar-refractivity contribution in [1.82, 2.24) is 10.2 Å². The first-order valence-corrected chi connectivity index (χ1v) is 6.79. The number of nitrogens with zero attached hydrogens (tertiary/aromatic N) is 1. The average Bonchev–Trinajstić information content (AvgIpc) is 2.35. The average molecular weight is 273 g/mol. The fraction of sp³-hybridized carbons (Fsp3) is 0.538. The minimum Gasteiger partial charge on any atom is -0.317 e. The highest BCUT2D eigenvalue weighted by Gasteiger charge is 2.19. The van der Waals surface area contributed by atoms with Crippen LogP contribution in [0.2, 0.25) is 10.0 Å². The molecule has 1 aromatic carbocycles. The lowest BCUT2D eigenvalue weighted by Crippen LogP contribution is -2.40. The molecule has 2 nitrogen and oxygen atoms in total. The SMILES string of the molecule is CNC1CCN(Cc2c(Cl)cccc2Cl)CC1. The van der Waals surface area contributed by atoms with Gasteiger partial charge in [0.2, 0.25) is 0 Å². The number of hydrogen-bond donors (Lipinski definition) is 1. The molecule has 1 aromatic rings. The maximum absolute atomic E-state index is 6.18. The van der Waals surface area contributed by atoms with Crippen LogP contribution in [-0.4, -0.2) is 31.1 Å². The molecular weight excluding hydrogens is 255 g/mol. The largest absolute Gasteiger partial charge is 0.317 e. The summed E-state index contributed by atoms with van der Waals surface area (Å²) in [5, 5.41) is 4.88. The van der Waals surface area contributed by atoms with Crippen LogP contribution >= 0.6 is 23.2 Å². The second-order valence-electron chi connectivity index (χ2n) is 4.54. The Balaban J connectivity index is 1.98. The van der Waals surface area contributed by atoms with E-state index < -0.39 is 0 Å². The number of benzene rings is 1. The summed E-state index contributed by atoms with van der Waals surface area (Å²) in [6.45, 7) is 3.06. The van der Waals surface area contributed by atoms with E-state index in [1.807, 2.05) is 25.2 Å². The highest BCUT2D eigenvalue weighted by atomic mass is 35.5. The van der Waals surface area contributed by atoms with Gasteiger partial charge in [0, 0.05) is 28.2 Å². The molecule has 0 bridgehead atoms. The summed E-state index contributed by atoms with van der Waals surface area (Å²) in [7, 11) is 2.03. The Bertz CT molecular complexity index is 353. The maximum atomic E-state index is 6.18. The Morgan fingerprint density at radius 3 is 2.35 bits per heavy atom. The highest BCUT2D eigenvalue weighted by Crippen LogP contribution is 2.26. The van der Waals surface area contributed by atoms with Crippen molar-refractivity contribution in [3.05, 3.63) is 33.8 Å². The topological polar surface area (TPSA) is 15.3 Å². The van der Waals surface area contributed by atoms with E-state index in [4.69, 9.17) is 23.2 Å². The van der Waals surface area contributed by atoms with Gasteiger partial charge in [0.1, 0.15) is 0 Å². The molecule has 94 valence electrons. The van der Waals surface area contributed by atoms with Crippen LogP contribution in [0.25, 0.3) is 0 Å². The molecule has 1 saturated heterocycles. The van der Waals surface area contributed by atoms with Crippen LogP contribution in [0.5, 0.6) is 0 Å². The van der Waals surface area contributed by atoms with Crippen molar-refractivity contribution in [3.63, 3.8) is 0 Å². The summed E-state index contributed by atoms with van der Waals surface area (Å²) < 4.78 is 0. The second-order valence-corrected chi connectivity index (χ2v) is 5.35. The highest BCUT2D eigenvalue weighted by molar-refractivity contribution is 6.35. The van der Waals surface area contributed by atoms with Gasteiger partial charge in [0.05, 0.1) is 0 Å². The lowest BCUT2D eigenvalue weighted by atomic mass is 10.0. The molecule has 0 aromatic heterocycles. The first-order chi connectivity index (χ1) is 8.20. The molecule has 0 aliphatic carbocycles. The van der Waals surface area contributed by atoms with Crippen molar-refractivity contribution in [2.75, 3.05) is 20.1 Å². The van der Waals surface area contributed by atoms with Gasteiger partial charge in [-0.25, -0.2) is 0 Å². The Labute approximate surface area is 113 Å². The standard InChI is InChI=1S/C13H18Cl2N2/c1-16-10-5-7-17(8-6-10)9-11-12(14)3-2-4-13(11)15/h2-4,10,16H,5-9H2,1H3. The zero-order chi connectivity index (χ0) is 12.3. The molecular formula is C13H18Cl2N2. The molecule has 0 spiro atoms. The number of rotatable bonds is 3. The van der Waals surface area contributed by atoms with Gasteiger partial charge in [-0.3, -0.25) is 4.90 Å². The number of hydrogen-bond acceptors (Lipinski definition) is 2. The van der Waals surface area contributed by atoms with Crippen LogP contribution in [0.15, 0.2) is 18.2 Å². The number of nitrogens with one attached hydrogen (secondary N) is 1. The van der Waals surface area contributed by atoms with E-state index in [2.05, 4.69) is 10.2 Å². The van der Waals surface area contributed by atoms with Crippen molar-refractivity contribution in [2.24, 2.45) is 0 Å². The lowest BCUT2D eigenvalue weighted by molar-refractivity contribution is 0.194. The summed E-state index contributed by atoms with van der Waals surface area (Å²) >= 11 is 12.4. The molecule has 1 N–H and O–H groups in total. The van der Waals surface area contributed by atoms with Gasteiger partial charge in [-0.2, -0.15) is 0 Å². The van der Waals surface area contributed by atoms with E-state index in [0.717, 1.165) is 35.2 Å². The number of piperidine rings is 1. The second kappa shape index (κ2) is 6.05. The zero-order valence-corrected chi connectivity index (χ0v) is 11.6. The van der Waals surface area contributed by atoms with E-state index in [1.54, 1.807) is 0 Å². The molecule has 1 heterocycles. The molecule has 17 heavy (non-hydrogen) atoms. The van der Waals surface area contributed by atoms with E-state index in [1.165, 1.54) is 12.8 Å². The van der Waals surface area contributed by atoms with E-state index in [-0.39, 0.29) is 0 Å². The number of likely N-dealkylation sites (tertiary alicyclic amines) is 1. The Morgan fingerprint density at radius 2 is 1.82 bits per heavy atom. The van der Waals surface area contributed by atoms with Crippen LogP contribution in [-0.2, 0) is 6.54 Å². The van der Waals surface area contributed by atoms with Crippen LogP contribution in [0.4, 0.5) is 0 Å². The summed E-state index contributed by atoms with van der Waals surface area (Å²) in [4.78, 5) is 2.42. The van der Waals surface area contributed by atoms with Gasteiger partial charge >= 0.3 is 0 Å². The fourth-order valence-corrected chi connectivity index (χ4v) is 2.80. The van der Waals surface area contributed by atoms with Crippen molar-refractivity contribution >= 4 is 23.2 Å². The van der Waals surface area contributed by atoms with Gasteiger partial charge in [0.15, 0.2) is 0 Å². The molecule has 4 heteroatoms. The van der Waals surface area contributed by atoms with Gasteiger partial charge in [-0.1, -0.05) is 29.3 Å². The Hall–Kier alpha value is -0.280. The molecule has 1 aliphatic rings. The van der Waals surface area contributed by atoms with Crippen molar-refractivity contribution < 1.29 is 0 Å². The van der Waals surface area contributed by atoms with Crippen molar-refractivity contribution in [2.45, 2.75) is 25.4 Å². The normalized spacial score (nSPS) is 18.5. The monoisotopic (exact) mass is 272 g/mol. The van der Waals surface area contributed by atoms with Crippen molar-refractivity contribution in [1.29, 1.82) is 0 Å². The Morgan fingerprint density at radius 1 is 1.24 bits per heavy atom.